The first kappa shape index (κ1) is 19.7. The minimum Gasteiger partial charge on any atom is -0.546 e. The predicted octanol–water partition coefficient (Wildman–Crippen LogP) is 1.51. The van der Waals surface area contributed by atoms with Crippen molar-refractivity contribution >= 4 is 23.8 Å². The fourth-order valence-electron chi connectivity index (χ4n) is 2.19. The summed E-state index contributed by atoms with van der Waals surface area (Å²) in [6, 6.07) is 11.0. The van der Waals surface area contributed by atoms with E-state index in [-0.39, 0.29) is 17.3 Å². The first-order valence-electron chi connectivity index (χ1n) is 7.86. The van der Waals surface area contributed by atoms with Gasteiger partial charge in [0, 0.05) is 5.56 Å². The second-order valence-electron chi connectivity index (χ2n) is 5.34. The van der Waals surface area contributed by atoms with Gasteiger partial charge < -0.3 is 24.1 Å². The monoisotopic (exact) mass is 369 g/mol. The number of carboxylic acids is 1. The number of ether oxygens (including phenoxy) is 3. The van der Waals surface area contributed by atoms with Crippen LogP contribution in [0.25, 0.3) is 6.08 Å². The van der Waals surface area contributed by atoms with E-state index < -0.39 is 18.5 Å². The van der Waals surface area contributed by atoms with Crippen LogP contribution in [0.15, 0.2) is 48.5 Å². The Kier molecular flexibility index (Phi) is 6.71. The summed E-state index contributed by atoms with van der Waals surface area (Å²) in [7, 11) is 2.69. The molecule has 0 atom stereocenters. The van der Waals surface area contributed by atoms with Crippen LogP contribution in [0.5, 0.6) is 11.5 Å². The number of hydrogen-bond acceptors (Lipinski definition) is 7. The molecule has 0 heterocycles. The van der Waals surface area contributed by atoms with Gasteiger partial charge in [0.15, 0.2) is 17.3 Å². The molecule has 0 saturated heterocycles. The molecule has 0 aliphatic carbocycles. The van der Waals surface area contributed by atoms with Gasteiger partial charge in [0.1, 0.15) is 6.61 Å². The van der Waals surface area contributed by atoms with Crippen molar-refractivity contribution < 1.29 is 33.7 Å². The van der Waals surface area contributed by atoms with Crippen molar-refractivity contribution in [2.75, 3.05) is 20.8 Å². The topological polar surface area (TPSA) is 102 Å². The molecule has 0 saturated carbocycles. The molecule has 0 N–H and O–H groups in total. The molecule has 2 rings (SSSR count). The number of carboxylic acid groups (broad SMARTS) is 1. The number of methoxy groups -OCH3 is 2. The fraction of sp³-hybridized carbons (Fsp3) is 0.150. The highest BCUT2D eigenvalue weighted by Crippen LogP contribution is 2.28. The van der Waals surface area contributed by atoms with E-state index in [1.54, 1.807) is 30.3 Å². The van der Waals surface area contributed by atoms with Gasteiger partial charge in [-0.1, -0.05) is 18.2 Å². The maximum atomic E-state index is 12.3. The van der Waals surface area contributed by atoms with Crippen molar-refractivity contribution in [1.29, 1.82) is 0 Å². The Morgan fingerprint density at radius 2 is 1.63 bits per heavy atom. The van der Waals surface area contributed by atoms with Crippen LogP contribution in [0.3, 0.4) is 0 Å². The second kappa shape index (κ2) is 9.19. The average molecular weight is 369 g/mol. The molecule has 0 aliphatic rings. The molecule has 0 spiro atoms. The summed E-state index contributed by atoms with van der Waals surface area (Å²) in [5, 5.41) is 10.5. The minimum atomic E-state index is -1.36. The van der Waals surface area contributed by atoms with Crippen molar-refractivity contribution in [3.8, 4) is 11.5 Å². The van der Waals surface area contributed by atoms with Crippen LogP contribution >= 0.6 is 0 Å². The van der Waals surface area contributed by atoms with Crippen LogP contribution < -0.4 is 14.6 Å². The van der Waals surface area contributed by atoms with Crippen LogP contribution in [-0.2, 0) is 9.53 Å². The van der Waals surface area contributed by atoms with Crippen molar-refractivity contribution in [3.63, 3.8) is 0 Å². The zero-order valence-corrected chi connectivity index (χ0v) is 14.8. The lowest BCUT2D eigenvalue weighted by molar-refractivity contribution is -0.307. The zero-order chi connectivity index (χ0) is 19.8. The molecule has 0 unspecified atom stereocenters. The van der Waals surface area contributed by atoms with Gasteiger partial charge in [0.2, 0.25) is 0 Å². The Balaban J connectivity index is 2.11. The normalized spacial score (nSPS) is 10.4. The number of ketones is 1. The Hall–Kier alpha value is -3.61. The number of benzene rings is 2. The molecular weight excluding hydrogens is 352 g/mol. The highest BCUT2D eigenvalue weighted by atomic mass is 16.5. The molecule has 7 heteroatoms. The Labute approximate surface area is 155 Å². The van der Waals surface area contributed by atoms with Gasteiger partial charge in [-0.05, 0) is 42.0 Å². The summed E-state index contributed by atoms with van der Waals surface area (Å²) in [6.07, 6.45) is 2.99. The first-order valence-corrected chi connectivity index (χ1v) is 7.86. The summed E-state index contributed by atoms with van der Waals surface area (Å²) in [5.41, 5.74) is 1.49. The Bertz CT molecular complexity index is 866. The molecule has 0 aromatic heterocycles. The molecule has 0 radical (unpaired) electrons. The first-order chi connectivity index (χ1) is 12.9. The maximum absolute atomic E-state index is 12.3. The molecule has 140 valence electrons. The molecule has 0 aliphatic heterocycles. The zero-order valence-electron chi connectivity index (χ0n) is 14.8. The highest BCUT2D eigenvalue weighted by Gasteiger charge is 2.10. The number of rotatable bonds is 8. The van der Waals surface area contributed by atoms with E-state index in [0.29, 0.717) is 11.1 Å². The third kappa shape index (κ3) is 5.43. The van der Waals surface area contributed by atoms with Crippen LogP contribution in [0, 0.1) is 0 Å². The van der Waals surface area contributed by atoms with Crippen LogP contribution in [0.4, 0.5) is 0 Å². The van der Waals surface area contributed by atoms with Crippen molar-refractivity contribution in [2.24, 2.45) is 0 Å². The van der Waals surface area contributed by atoms with E-state index >= 15 is 0 Å². The Morgan fingerprint density at radius 3 is 2.22 bits per heavy atom. The molecule has 0 fully saturated rings. The number of carbonyl (C=O) groups excluding carboxylic acids is 3. The van der Waals surface area contributed by atoms with Gasteiger partial charge in [-0.25, -0.2) is 4.79 Å². The molecule has 27 heavy (non-hydrogen) atoms. The van der Waals surface area contributed by atoms with Crippen LogP contribution in [0.1, 0.15) is 26.3 Å². The summed E-state index contributed by atoms with van der Waals surface area (Å²) >= 11 is 0. The standard InChI is InChI=1S/C20H18O7/c1-25-18-11-15(8-10-17(18)27-12-19(22)23)16(21)9-5-13-3-6-14(7-4-13)20(24)26-2/h3-11H,12H2,1-2H3,(H,22,23)/p-1/b9-5+. The van der Waals surface area contributed by atoms with Gasteiger partial charge in [0.05, 0.1) is 25.8 Å². The smallest absolute Gasteiger partial charge is 0.337 e. The molecular formula is C20H17O7-. The van der Waals surface area contributed by atoms with Crippen molar-refractivity contribution in [2.45, 2.75) is 0 Å². The number of esters is 1. The van der Waals surface area contributed by atoms with E-state index in [1.807, 2.05) is 0 Å². The summed E-state index contributed by atoms with van der Waals surface area (Å²) in [4.78, 5) is 34.2. The number of aliphatic carboxylic acids is 1. The van der Waals surface area contributed by atoms with Gasteiger partial charge in [-0.2, -0.15) is 0 Å². The van der Waals surface area contributed by atoms with Crippen molar-refractivity contribution in [3.05, 3.63) is 65.2 Å². The predicted molar refractivity (Wildman–Crippen MR) is 94.6 cm³/mol. The average Bonchev–Trinajstić information content (AvgIpc) is 2.69. The maximum Gasteiger partial charge on any atom is 0.337 e. The van der Waals surface area contributed by atoms with Gasteiger partial charge in [-0.15, -0.1) is 0 Å². The molecule has 7 nitrogen and oxygen atoms in total. The molecule has 2 aromatic rings. The summed E-state index contributed by atoms with van der Waals surface area (Å²) in [5.74, 6) is -1.65. The highest BCUT2D eigenvalue weighted by molar-refractivity contribution is 6.07. The van der Waals surface area contributed by atoms with Gasteiger partial charge in [-0.3, -0.25) is 4.79 Å². The lowest BCUT2D eigenvalue weighted by Gasteiger charge is -2.11. The summed E-state index contributed by atoms with van der Waals surface area (Å²) < 4.78 is 14.8. The van der Waals surface area contributed by atoms with Crippen LogP contribution in [0.2, 0.25) is 0 Å². The fourth-order valence-corrected chi connectivity index (χ4v) is 2.19. The lowest BCUT2D eigenvalue weighted by atomic mass is 10.1. The largest absolute Gasteiger partial charge is 0.546 e. The third-order valence-electron chi connectivity index (χ3n) is 3.55. The van der Waals surface area contributed by atoms with E-state index in [1.165, 1.54) is 38.5 Å². The minimum absolute atomic E-state index is 0.195. The van der Waals surface area contributed by atoms with E-state index in [0.717, 1.165) is 5.56 Å². The second-order valence-corrected chi connectivity index (χ2v) is 5.34. The third-order valence-corrected chi connectivity index (χ3v) is 3.55. The quantitative estimate of drug-likeness (QED) is 0.395. The number of carbonyl (C=O) groups is 3. The molecule has 0 amide bonds. The van der Waals surface area contributed by atoms with E-state index in [4.69, 9.17) is 9.47 Å². The van der Waals surface area contributed by atoms with Gasteiger partial charge >= 0.3 is 5.97 Å². The number of hydrogen-bond donors (Lipinski definition) is 0. The molecule has 0 bridgehead atoms. The van der Waals surface area contributed by atoms with E-state index in [9.17, 15) is 19.5 Å². The number of allylic oxidation sites excluding steroid dienone is 1. The SMILES string of the molecule is COC(=O)c1ccc(/C=C/C(=O)c2ccc(OCC(=O)[O-])c(OC)c2)cc1. The van der Waals surface area contributed by atoms with E-state index in [2.05, 4.69) is 4.74 Å². The lowest BCUT2D eigenvalue weighted by Crippen LogP contribution is -2.29. The summed E-state index contributed by atoms with van der Waals surface area (Å²) in [6.45, 7) is -0.620. The van der Waals surface area contributed by atoms with Crippen molar-refractivity contribution in [1.82, 2.24) is 0 Å². The van der Waals surface area contributed by atoms with Crippen LogP contribution in [-0.4, -0.2) is 38.5 Å². The molecule has 2 aromatic carbocycles. The van der Waals surface area contributed by atoms with Gasteiger partial charge in [0.25, 0.3) is 0 Å². The Morgan fingerprint density at radius 1 is 0.963 bits per heavy atom.